The number of hydrogen-bond donors (Lipinski definition) is 2. The van der Waals surface area contributed by atoms with Gasteiger partial charge in [-0.3, -0.25) is 14.5 Å². The molecule has 0 saturated heterocycles. The van der Waals surface area contributed by atoms with Gasteiger partial charge in [0.15, 0.2) is 0 Å². The molecule has 1 unspecified atom stereocenters. The summed E-state index contributed by atoms with van der Waals surface area (Å²) in [6, 6.07) is 6.97. The summed E-state index contributed by atoms with van der Waals surface area (Å²) in [5, 5.41) is 11.9. The first-order valence-corrected chi connectivity index (χ1v) is 8.90. The Kier molecular flexibility index (Phi) is 6.93. The summed E-state index contributed by atoms with van der Waals surface area (Å²) < 4.78 is 13.6. The number of halogens is 1. The number of carboxylic acids is 1. The second-order valence-corrected chi connectivity index (χ2v) is 6.82. The van der Waals surface area contributed by atoms with Crippen molar-refractivity contribution in [2.45, 2.75) is 51.6 Å². The highest BCUT2D eigenvalue weighted by atomic mass is 19.1. The normalized spacial score (nSPS) is 20.8. The molecular weight excluding hydrogens is 323 g/mol. The molecule has 0 spiro atoms. The number of hydrogen-bond acceptors (Lipinski definition) is 3. The van der Waals surface area contributed by atoms with Crippen LogP contribution < -0.4 is 5.32 Å². The van der Waals surface area contributed by atoms with Gasteiger partial charge in [0.2, 0.25) is 5.91 Å². The number of rotatable bonds is 9. The Bertz CT molecular complexity index is 602. The quantitative estimate of drug-likeness (QED) is 0.718. The summed E-state index contributed by atoms with van der Waals surface area (Å²) in [6.45, 7) is 4.53. The van der Waals surface area contributed by atoms with E-state index < -0.39 is 5.97 Å². The van der Waals surface area contributed by atoms with Crippen LogP contribution in [0.15, 0.2) is 24.3 Å². The molecule has 0 heterocycles. The van der Waals surface area contributed by atoms with E-state index in [-0.39, 0.29) is 36.3 Å². The molecule has 0 bridgehead atoms. The third kappa shape index (κ3) is 5.53. The van der Waals surface area contributed by atoms with Gasteiger partial charge in [0, 0.05) is 18.0 Å². The summed E-state index contributed by atoms with van der Waals surface area (Å²) in [6.07, 6.45) is 2.71. The molecule has 1 aromatic rings. The second kappa shape index (κ2) is 8.94. The van der Waals surface area contributed by atoms with Crippen LogP contribution in [0, 0.1) is 11.7 Å². The van der Waals surface area contributed by atoms with Gasteiger partial charge in [-0.05, 0) is 43.9 Å². The maximum absolute atomic E-state index is 13.6. The van der Waals surface area contributed by atoms with Gasteiger partial charge >= 0.3 is 5.97 Å². The van der Waals surface area contributed by atoms with Gasteiger partial charge in [0.05, 0.1) is 6.54 Å². The molecule has 2 rings (SSSR count). The first kappa shape index (κ1) is 19.4. The van der Waals surface area contributed by atoms with Crippen LogP contribution in [-0.2, 0) is 16.0 Å². The van der Waals surface area contributed by atoms with Crippen molar-refractivity contribution >= 4 is 11.9 Å². The lowest BCUT2D eigenvalue weighted by atomic mass is 9.84. The molecule has 5 nitrogen and oxygen atoms in total. The van der Waals surface area contributed by atoms with Crippen molar-refractivity contribution in [1.29, 1.82) is 0 Å². The number of nitrogens with one attached hydrogen (secondary N) is 1. The second-order valence-electron chi connectivity index (χ2n) is 6.82. The Balaban J connectivity index is 1.72. The highest BCUT2D eigenvalue weighted by molar-refractivity contribution is 5.78. The SMILES string of the molecule is CCN(CC(=O)O)C1CC(NC(=O)C(C)CCc2ccccc2F)C1. The van der Waals surface area contributed by atoms with Crippen LogP contribution in [0.4, 0.5) is 4.39 Å². The van der Waals surface area contributed by atoms with E-state index in [9.17, 15) is 14.0 Å². The third-order valence-electron chi connectivity index (χ3n) is 4.97. The minimum atomic E-state index is -0.823. The van der Waals surface area contributed by atoms with Crippen LogP contribution in [0.25, 0.3) is 0 Å². The van der Waals surface area contributed by atoms with Crippen molar-refractivity contribution in [1.82, 2.24) is 10.2 Å². The average molecular weight is 350 g/mol. The molecule has 1 aliphatic carbocycles. The molecule has 0 aromatic heterocycles. The minimum Gasteiger partial charge on any atom is -0.480 e. The van der Waals surface area contributed by atoms with Crippen LogP contribution in [-0.4, -0.2) is 47.1 Å². The fourth-order valence-electron chi connectivity index (χ4n) is 3.22. The topological polar surface area (TPSA) is 69.6 Å². The molecule has 2 N–H and O–H groups in total. The smallest absolute Gasteiger partial charge is 0.317 e. The Morgan fingerprint density at radius 1 is 1.36 bits per heavy atom. The van der Waals surface area contributed by atoms with E-state index in [1.165, 1.54) is 6.07 Å². The Morgan fingerprint density at radius 3 is 2.64 bits per heavy atom. The summed E-state index contributed by atoms with van der Waals surface area (Å²) in [7, 11) is 0. The van der Waals surface area contributed by atoms with E-state index in [0.717, 1.165) is 12.8 Å². The molecule has 1 atom stereocenters. The maximum Gasteiger partial charge on any atom is 0.317 e. The number of aryl methyl sites for hydroxylation is 1. The van der Waals surface area contributed by atoms with Gasteiger partial charge in [-0.1, -0.05) is 32.0 Å². The number of benzene rings is 1. The minimum absolute atomic E-state index is 0.0129. The standard InChI is InChI=1S/C19H27FN2O3/c1-3-22(12-18(23)24)16-10-15(11-16)21-19(25)13(2)8-9-14-6-4-5-7-17(14)20/h4-7,13,15-16H,3,8-12H2,1-2H3,(H,21,25)(H,23,24). The van der Waals surface area contributed by atoms with Crippen molar-refractivity contribution in [3.63, 3.8) is 0 Å². The fourth-order valence-corrected chi connectivity index (χ4v) is 3.22. The number of carboxylic acid groups (broad SMARTS) is 1. The highest BCUT2D eigenvalue weighted by Crippen LogP contribution is 2.26. The molecule has 1 saturated carbocycles. The molecule has 1 amide bonds. The zero-order valence-electron chi connectivity index (χ0n) is 14.9. The van der Waals surface area contributed by atoms with E-state index in [1.54, 1.807) is 18.2 Å². The van der Waals surface area contributed by atoms with Gasteiger partial charge in [-0.15, -0.1) is 0 Å². The summed E-state index contributed by atoms with van der Waals surface area (Å²) in [5.74, 6) is -1.24. The van der Waals surface area contributed by atoms with Gasteiger partial charge in [-0.2, -0.15) is 0 Å². The summed E-state index contributed by atoms with van der Waals surface area (Å²) in [4.78, 5) is 25.0. The van der Waals surface area contributed by atoms with E-state index in [0.29, 0.717) is 24.9 Å². The van der Waals surface area contributed by atoms with Crippen molar-refractivity contribution < 1.29 is 19.1 Å². The number of amides is 1. The van der Waals surface area contributed by atoms with Crippen LogP contribution in [0.5, 0.6) is 0 Å². The van der Waals surface area contributed by atoms with Crippen molar-refractivity contribution in [2.75, 3.05) is 13.1 Å². The lowest BCUT2D eigenvalue weighted by Crippen LogP contribution is -2.55. The first-order chi connectivity index (χ1) is 11.9. The summed E-state index contributed by atoms with van der Waals surface area (Å²) in [5.41, 5.74) is 0.637. The summed E-state index contributed by atoms with van der Waals surface area (Å²) >= 11 is 0. The van der Waals surface area contributed by atoms with Crippen LogP contribution in [0.3, 0.4) is 0 Å². The van der Waals surface area contributed by atoms with E-state index in [1.807, 2.05) is 18.7 Å². The lowest BCUT2D eigenvalue weighted by molar-refractivity contribution is -0.140. The van der Waals surface area contributed by atoms with Gasteiger partial charge in [0.25, 0.3) is 0 Å². The average Bonchev–Trinajstić information content (AvgIpc) is 2.54. The molecule has 1 aromatic carbocycles. The zero-order chi connectivity index (χ0) is 18.4. The van der Waals surface area contributed by atoms with Crippen molar-refractivity contribution in [3.8, 4) is 0 Å². The zero-order valence-corrected chi connectivity index (χ0v) is 14.9. The van der Waals surface area contributed by atoms with Crippen LogP contribution >= 0.6 is 0 Å². The molecule has 0 radical (unpaired) electrons. The molecule has 1 aliphatic rings. The first-order valence-electron chi connectivity index (χ1n) is 8.90. The highest BCUT2D eigenvalue weighted by Gasteiger charge is 2.35. The van der Waals surface area contributed by atoms with E-state index in [4.69, 9.17) is 5.11 Å². The van der Waals surface area contributed by atoms with Crippen molar-refractivity contribution in [3.05, 3.63) is 35.6 Å². The lowest BCUT2D eigenvalue weighted by Gasteiger charge is -2.42. The molecular formula is C19H27FN2O3. The Morgan fingerprint density at radius 2 is 2.04 bits per heavy atom. The predicted molar refractivity (Wildman–Crippen MR) is 93.7 cm³/mol. The van der Waals surface area contributed by atoms with Gasteiger partial charge < -0.3 is 10.4 Å². The van der Waals surface area contributed by atoms with E-state index >= 15 is 0 Å². The van der Waals surface area contributed by atoms with Gasteiger partial charge in [-0.25, -0.2) is 4.39 Å². The number of nitrogens with zero attached hydrogens (tertiary/aromatic N) is 1. The van der Waals surface area contributed by atoms with Crippen LogP contribution in [0.1, 0.15) is 38.7 Å². The third-order valence-corrected chi connectivity index (χ3v) is 4.97. The molecule has 25 heavy (non-hydrogen) atoms. The van der Waals surface area contributed by atoms with Crippen molar-refractivity contribution in [2.24, 2.45) is 5.92 Å². The Hall–Kier alpha value is -1.95. The molecule has 1 fully saturated rings. The molecule has 0 aliphatic heterocycles. The number of aliphatic carboxylic acids is 1. The number of carbonyl (C=O) groups is 2. The van der Waals surface area contributed by atoms with Crippen LogP contribution in [0.2, 0.25) is 0 Å². The van der Waals surface area contributed by atoms with Gasteiger partial charge in [0.1, 0.15) is 5.82 Å². The largest absolute Gasteiger partial charge is 0.480 e. The molecule has 138 valence electrons. The Labute approximate surface area is 148 Å². The van der Waals surface area contributed by atoms with E-state index in [2.05, 4.69) is 5.32 Å². The number of likely N-dealkylation sites (N-methyl/N-ethyl adjacent to an activating group) is 1. The monoisotopic (exact) mass is 350 g/mol. The fraction of sp³-hybridized carbons (Fsp3) is 0.579. The predicted octanol–water partition coefficient (Wildman–Crippen LogP) is 2.45. The molecule has 6 heteroatoms. The maximum atomic E-state index is 13.6. The number of carbonyl (C=O) groups excluding carboxylic acids is 1.